The Balaban J connectivity index is 3.22. The first-order chi connectivity index (χ1) is 6.07. The Kier molecular flexibility index (Phi) is 2.62. The fourth-order valence-corrected chi connectivity index (χ4v) is 1.09. The van der Waals surface area contributed by atoms with Crippen molar-refractivity contribution in [3.05, 3.63) is 5.69 Å². The average molecular weight is 182 g/mol. The lowest BCUT2D eigenvalue weighted by Gasteiger charge is -2.06. The Labute approximate surface area is 76.6 Å². The highest BCUT2D eigenvalue weighted by atomic mass is 15.4. The van der Waals surface area contributed by atoms with Crippen molar-refractivity contribution in [3.63, 3.8) is 0 Å². The number of nitrogens with zero attached hydrogens (tertiary/aromatic N) is 4. The molecule has 1 aromatic heterocycles. The molecule has 0 aliphatic heterocycles. The van der Waals surface area contributed by atoms with Crippen molar-refractivity contribution in [1.29, 1.82) is 0 Å². The fourth-order valence-electron chi connectivity index (χ4n) is 1.09. The summed E-state index contributed by atoms with van der Waals surface area (Å²) in [6, 6.07) is 0. The normalized spacial score (nSPS) is 13.8. The molecule has 0 amide bonds. The molecule has 4 N–H and O–H groups in total. The molecule has 6 heteroatoms. The summed E-state index contributed by atoms with van der Waals surface area (Å²) in [6.07, 6.45) is -0.250. The van der Waals surface area contributed by atoms with Gasteiger partial charge >= 0.3 is 0 Å². The summed E-state index contributed by atoms with van der Waals surface area (Å²) in [4.78, 5) is 0. The van der Waals surface area contributed by atoms with Gasteiger partial charge < -0.3 is 11.5 Å². The summed E-state index contributed by atoms with van der Waals surface area (Å²) < 4.78 is 1.53. The first kappa shape index (κ1) is 9.66. The molecule has 0 fully saturated rings. The zero-order valence-corrected chi connectivity index (χ0v) is 8.02. The Morgan fingerprint density at radius 2 is 2.15 bits per heavy atom. The lowest BCUT2D eigenvalue weighted by Crippen LogP contribution is -2.17. The van der Waals surface area contributed by atoms with E-state index in [0.29, 0.717) is 11.5 Å². The number of rotatable bonds is 2. The van der Waals surface area contributed by atoms with E-state index in [4.69, 9.17) is 11.5 Å². The number of azo groups is 1. The van der Waals surface area contributed by atoms with E-state index in [9.17, 15) is 0 Å². The zero-order valence-electron chi connectivity index (χ0n) is 8.02. The molecule has 0 saturated heterocycles. The minimum Gasteiger partial charge on any atom is -0.382 e. The van der Waals surface area contributed by atoms with E-state index in [1.807, 2.05) is 6.92 Å². The third-order valence-electron chi connectivity index (χ3n) is 1.68. The SMILES string of the molecule is CN=Nc1c(C)nn(C(C)N)c1N. The molecule has 1 aromatic rings. The standard InChI is InChI=1S/C7H14N6/c1-4-6(11-10-3)7(9)13(12-4)5(2)8/h5H,8-9H2,1-3H3. The smallest absolute Gasteiger partial charge is 0.151 e. The van der Waals surface area contributed by atoms with Crippen molar-refractivity contribution in [2.45, 2.75) is 20.0 Å². The molecule has 0 spiro atoms. The second kappa shape index (κ2) is 3.53. The van der Waals surface area contributed by atoms with Gasteiger partial charge in [0, 0.05) is 7.05 Å². The van der Waals surface area contributed by atoms with Crippen LogP contribution < -0.4 is 11.5 Å². The number of aromatic nitrogens is 2. The van der Waals surface area contributed by atoms with Crippen LogP contribution in [0.3, 0.4) is 0 Å². The van der Waals surface area contributed by atoms with Gasteiger partial charge in [0.2, 0.25) is 0 Å². The molecule has 0 aliphatic carbocycles. The molecule has 0 radical (unpaired) electrons. The average Bonchev–Trinajstić information content (AvgIpc) is 2.32. The molecule has 0 bridgehead atoms. The van der Waals surface area contributed by atoms with Gasteiger partial charge in [-0.1, -0.05) is 0 Å². The molecule has 6 nitrogen and oxygen atoms in total. The number of hydrogen-bond acceptors (Lipinski definition) is 5. The van der Waals surface area contributed by atoms with Crippen LogP contribution in [0.15, 0.2) is 10.2 Å². The quantitative estimate of drug-likeness (QED) is 0.667. The summed E-state index contributed by atoms with van der Waals surface area (Å²) in [5.41, 5.74) is 12.7. The van der Waals surface area contributed by atoms with Crippen LogP contribution in [-0.4, -0.2) is 16.8 Å². The minimum absolute atomic E-state index is 0.250. The summed E-state index contributed by atoms with van der Waals surface area (Å²) in [5.74, 6) is 0.457. The molecule has 0 aromatic carbocycles. The predicted molar refractivity (Wildman–Crippen MR) is 50.7 cm³/mol. The monoisotopic (exact) mass is 182 g/mol. The van der Waals surface area contributed by atoms with Crippen LogP contribution in [0.1, 0.15) is 18.8 Å². The minimum atomic E-state index is -0.250. The molecule has 1 heterocycles. The summed E-state index contributed by atoms with van der Waals surface area (Å²) in [7, 11) is 1.59. The van der Waals surface area contributed by atoms with Gasteiger partial charge in [0.25, 0.3) is 0 Å². The van der Waals surface area contributed by atoms with E-state index in [0.717, 1.165) is 5.69 Å². The summed E-state index contributed by atoms with van der Waals surface area (Å²) in [5, 5.41) is 11.7. The lowest BCUT2D eigenvalue weighted by atomic mass is 10.4. The molecule has 13 heavy (non-hydrogen) atoms. The molecule has 0 aliphatic rings. The van der Waals surface area contributed by atoms with E-state index >= 15 is 0 Å². The van der Waals surface area contributed by atoms with Crippen molar-refractivity contribution in [3.8, 4) is 0 Å². The van der Waals surface area contributed by atoms with Gasteiger partial charge in [0.05, 0.1) is 11.9 Å². The molecular weight excluding hydrogens is 168 g/mol. The molecule has 1 unspecified atom stereocenters. The van der Waals surface area contributed by atoms with Crippen LogP contribution in [0.4, 0.5) is 11.5 Å². The van der Waals surface area contributed by atoms with Crippen molar-refractivity contribution >= 4 is 11.5 Å². The number of hydrogen-bond donors (Lipinski definition) is 2. The highest BCUT2D eigenvalue weighted by molar-refractivity contribution is 5.60. The Bertz CT molecular complexity index is 324. The van der Waals surface area contributed by atoms with Gasteiger partial charge in [-0.05, 0) is 13.8 Å². The van der Waals surface area contributed by atoms with Crippen LogP contribution in [-0.2, 0) is 0 Å². The van der Waals surface area contributed by atoms with Crippen molar-refractivity contribution < 1.29 is 0 Å². The zero-order chi connectivity index (χ0) is 10.0. The largest absolute Gasteiger partial charge is 0.382 e. The third kappa shape index (κ3) is 1.67. The second-order valence-electron chi connectivity index (χ2n) is 2.80. The van der Waals surface area contributed by atoms with E-state index in [1.165, 1.54) is 4.68 Å². The maximum atomic E-state index is 5.76. The lowest BCUT2D eigenvalue weighted by molar-refractivity contribution is 0.514. The first-order valence-corrected chi connectivity index (χ1v) is 3.98. The fraction of sp³-hybridized carbons (Fsp3) is 0.571. The maximum Gasteiger partial charge on any atom is 0.151 e. The van der Waals surface area contributed by atoms with E-state index in [2.05, 4.69) is 15.3 Å². The second-order valence-corrected chi connectivity index (χ2v) is 2.80. The third-order valence-corrected chi connectivity index (χ3v) is 1.68. The van der Waals surface area contributed by atoms with Crippen LogP contribution in [0.25, 0.3) is 0 Å². The van der Waals surface area contributed by atoms with Crippen LogP contribution in [0, 0.1) is 6.92 Å². The Morgan fingerprint density at radius 3 is 2.54 bits per heavy atom. The molecule has 1 atom stereocenters. The molecule has 0 saturated carbocycles. The van der Waals surface area contributed by atoms with Crippen LogP contribution in [0.5, 0.6) is 0 Å². The highest BCUT2D eigenvalue weighted by Crippen LogP contribution is 2.27. The van der Waals surface area contributed by atoms with Crippen molar-refractivity contribution in [1.82, 2.24) is 9.78 Å². The van der Waals surface area contributed by atoms with Crippen molar-refractivity contribution in [2.24, 2.45) is 16.0 Å². The number of nitrogen functional groups attached to an aromatic ring is 1. The summed E-state index contributed by atoms with van der Waals surface area (Å²) in [6.45, 7) is 3.62. The summed E-state index contributed by atoms with van der Waals surface area (Å²) >= 11 is 0. The van der Waals surface area contributed by atoms with E-state index in [1.54, 1.807) is 14.0 Å². The first-order valence-electron chi connectivity index (χ1n) is 3.98. The van der Waals surface area contributed by atoms with Crippen LogP contribution in [0.2, 0.25) is 0 Å². The van der Waals surface area contributed by atoms with Gasteiger partial charge in [0.1, 0.15) is 5.69 Å². The van der Waals surface area contributed by atoms with Gasteiger partial charge in [-0.2, -0.15) is 15.3 Å². The van der Waals surface area contributed by atoms with Crippen molar-refractivity contribution in [2.75, 3.05) is 12.8 Å². The molecule has 72 valence electrons. The Morgan fingerprint density at radius 1 is 1.54 bits per heavy atom. The van der Waals surface area contributed by atoms with E-state index in [-0.39, 0.29) is 6.17 Å². The van der Waals surface area contributed by atoms with Gasteiger partial charge in [-0.3, -0.25) is 0 Å². The maximum absolute atomic E-state index is 5.76. The van der Waals surface area contributed by atoms with Gasteiger partial charge in [-0.25, -0.2) is 4.68 Å². The predicted octanol–water partition coefficient (Wildman–Crippen LogP) is 0.964. The topological polar surface area (TPSA) is 94.6 Å². The Hall–Kier alpha value is -1.43. The van der Waals surface area contributed by atoms with Crippen LogP contribution >= 0.6 is 0 Å². The number of anilines is 1. The van der Waals surface area contributed by atoms with Gasteiger partial charge in [-0.15, -0.1) is 0 Å². The number of nitrogens with two attached hydrogens (primary N) is 2. The van der Waals surface area contributed by atoms with Gasteiger partial charge in [0.15, 0.2) is 5.82 Å². The number of aryl methyl sites for hydroxylation is 1. The molecule has 1 rings (SSSR count). The highest BCUT2D eigenvalue weighted by Gasteiger charge is 2.13. The molecular formula is C7H14N6. The van der Waals surface area contributed by atoms with E-state index < -0.39 is 0 Å².